The molecule has 17 heavy (non-hydrogen) atoms. The minimum Gasteiger partial charge on any atom is -0.305 e. The van der Waals surface area contributed by atoms with E-state index < -0.39 is 0 Å². The van der Waals surface area contributed by atoms with Crippen molar-refractivity contribution in [3.05, 3.63) is 53.6 Å². The molecule has 1 heteroatoms. The highest BCUT2D eigenvalue weighted by molar-refractivity contribution is 5.96. The number of nitrogens with one attached hydrogen (secondary N) is 1. The van der Waals surface area contributed by atoms with Gasteiger partial charge < -0.3 is 5.41 Å². The van der Waals surface area contributed by atoms with Crippen LogP contribution in [0.15, 0.2) is 42.5 Å². The molecule has 0 saturated heterocycles. The first-order valence-corrected chi connectivity index (χ1v) is 6.34. The van der Waals surface area contributed by atoms with Crippen LogP contribution in [-0.4, -0.2) is 5.71 Å². The monoisotopic (exact) mass is 223 g/mol. The zero-order valence-corrected chi connectivity index (χ0v) is 9.89. The van der Waals surface area contributed by atoms with Crippen molar-refractivity contribution in [2.24, 2.45) is 11.8 Å². The van der Waals surface area contributed by atoms with E-state index in [0.29, 0.717) is 11.8 Å². The van der Waals surface area contributed by atoms with Gasteiger partial charge in [-0.05, 0) is 42.4 Å². The number of benzene rings is 1. The van der Waals surface area contributed by atoms with E-state index >= 15 is 0 Å². The van der Waals surface area contributed by atoms with Crippen molar-refractivity contribution in [2.45, 2.75) is 19.3 Å². The molecule has 0 amide bonds. The number of hydrogen-bond acceptors (Lipinski definition) is 1. The molecule has 0 bridgehead atoms. The maximum Gasteiger partial charge on any atom is 0.0344 e. The molecule has 1 nitrogen and oxygen atoms in total. The van der Waals surface area contributed by atoms with Gasteiger partial charge in [-0.15, -0.1) is 0 Å². The number of rotatable bonds is 2. The van der Waals surface area contributed by atoms with Crippen LogP contribution in [0.4, 0.5) is 0 Å². The molecule has 0 aromatic heterocycles. The molecule has 2 aliphatic carbocycles. The molecule has 3 rings (SSSR count). The van der Waals surface area contributed by atoms with Crippen LogP contribution in [0.1, 0.15) is 24.0 Å². The molecule has 0 saturated carbocycles. The predicted octanol–water partition coefficient (Wildman–Crippen LogP) is 3.86. The van der Waals surface area contributed by atoms with Gasteiger partial charge in [0.05, 0.1) is 0 Å². The smallest absolute Gasteiger partial charge is 0.0344 e. The van der Waals surface area contributed by atoms with Gasteiger partial charge in [0.1, 0.15) is 0 Å². The molecule has 0 spiro atoms. The van der Waals surface area contributed by atoms with E-state index in [4.69, 9.17) is 5.41 Å². The second-order valence-electron chi connectivity index (χ2n) is 5.05. The largest absolute Gasteiger partial charge is 0.305 e. The Balaban J connectivity index is 1.71. The van der Waals surface area contributed by atoms with Crippen molar-refractivity contribution < 1.29 is 0 Å². The number of hydrogen-bond donors (Lipinski definition) is 1. The lowest BCUT2D eigenvalue weighted by Gasteiger charge is -2.22. The minimum absolute atomic E-state index is 0.454. The minimum atomic E-state index is 0.454. The van der Waals surface area contributed by atoms with Crippen molar-refractivity contribution in [1.29, 1.82) is 5.41 Å². The summed E-state index contributed by atoms with van der Waals surface area (Å²) in [6.45, 7) is 0. The second kappa shape index (κ2) is 4.33. The highest BCUT2D eigenvalue weighted by Crippen LogP contribution is 2.30. The Bertz CT molecular complexity index is 496. The van der Waals surface area contributed by atoms with Crippen LogP contribution in [0.25, 0.3) is 6.08 Å². The maximum atomic E-state index is 7.86. The summed E-state index contributed by atoms with van der Waals surface area (Å²) in [5, 5.41) is 7.86. The molecular weight excluding hydrogens is 206 g/mol. The molecule has 0 heterocycles. The second-order valence-corrected chi connectivity index (χ2v) is 5.05. The Morgan fingerprint density at radius 1 is 1.18 bits per heavy atom. The molecule has 1 aromatic rings. The zero-order chi connectivity index (χ0) is 11.7. The van der Waals surface area contributed by atoms with E-state index in [9.17, 15) is 0 Å². The molecule has 2 unspecified atom stereocenters. The van der Waals surface area contributed by atoms with Gasteiger partial charge in [0.2, 0.25) is 0 Å². The normalized spacial score (nSPS) is 26.2. The molecule has 0 aliphatic heterocycles. The summed E-state index contributed by atoms with van der Waals surface area (Å²) in [4.78, 5) is 0. The summed E-state index contributed by atoms with van der Waals surface area (Å²) in [6, 6.07) is 8.62. The molecule has 0 radical (unpaired) electrons. The number of fused-ring (bicyclic) bond motifs is 1. The van der Waals surface area contributed by atoms with Gasteiger partial charge in [0, 0.05) is 11.6 Å². The van der Waals surface area contributed by atoms with E-state index in [1.54, 1.807) is 0 Å². The first-order valence-electron chi connectivity index (χ1n) is 6.34. The van der Waals surface area contributed by atoms with Gasteiger partial charge in [-0.1, -0.05) is 42.5 Å². The quantitative estimate of drug-likeness (QED) is 0.787. The van der Waals surface area contributed by atoms with Crippen LogP contribution in [0.5, 0.6) is 0 Å². The molecule has 2 atom stereocenters. The summed E-state index contributed by atoms with van der Waals surface area (Å²) in [7, 11) is 0. The fourth-order valence-corrected chi connectivity index (χ4v) is 2.85. The van der Waals surface area contributed by atoms with Gasteiger partial charge in [-0.25, -0.2) is 0 Å². The summed E-state index contributed by atoms with van der Waals surface area (Å²) in [6.07, 6.45) is 12.0. The van der Waals surface area contributed by atoms with Crippen LogP contribution >= 0.6 is 0 Å². The first kappa shape index (κ1) is 10.5. The Hall–Kier alpha value is -1.63. The fourth-order valence-electron chi connectivity index (χ4n) is 2.85. The lowest BCUT2D eigenvalue weighted by atomic mass is 9.83. The third-order valence-corrected chi connectivity index (χ3v) is 3.83. The predicted molar refractivity (Wildman–Crippen MR) is 72.3 cm³/mol. The highest BCUT2D eigenvalue weighted by atomic mass is 14.5. The molecular formula is C16H17N. The van der Waals surface area contributed by atoms with Crippen molar-refractivity contribution in [2.75, 3.05) is 0 Å². The molecule has 0 fully saturated rings. The van der Waals surface area contributed by atoms with Gasteiger partial charge in [0.25, 0.3) is 0 Å². The average molecular weight is 223 g/mol. The van der Waals surface area contributed by atoms with Crippen LogP contribution < -0.4 is 0 Å². The van der Waals surface area contributed by atoms with Crippen molar-refractivity contribution in [3.63, 3.8) is 0 Å². The Kier molecular flexibility index (Phi) is 2.68. The van der Waals surface area contributed by atoms with E-state index in [1.165, 1.54) is 11.1 Å². The molecule has 1 N–H and O–H groups in total. The molecule has 86 valence electrons. The highest BCUT2D eigenvalue weighted by Gasteiger charge is 2.22. The summed E-state index contributed by atoms with van der Waals surface area (Å²) < 4.78 is 0. The first-order chi connectivity index (χ1) is 8.33. The van der Waals surface area contributed by atoms with Crippen molar-refractivity contribution in [1.82, 2.24) is 0 Å². The van der Waals surface area contributed by atoms with E-state index in [0.717, 1.165) is 25.0 Å². The van der Waals surface area contributed by atoms with Crippen LogP contribution in [0.2, 0.25) is 0 Å². The third kappa shape index (κ3) is 2.10. The Labute approximate surface area is 102 Å². The Morgan fingerprint density at radius 3 is 2.88 bits per heavy atom. The van der Waals surface area contributed by atoms with Gasteiger partial charge in [-0.3, -0.25) is 0 Å². The van der Waals surface area contributed by atoms with E-state index in [-0.39, 0.29) is 0 Å². The molecule has 1 aromatic carbocycles. The fraction of sp³-hybridized carbons (Fsp3) is 0.312. The zero-order valence-electron chi connectivity index (χ0n) is 9.89. The van der Waals surface area contributed by atoms with E-state index in [2.05, 4.69) is 42.5 Å². The van der Waals surface area contributed by atoms with Crippen LogP contribution in [-0.2, 0) is 6.42 Å². The third-order valence-electron chi connectivity index (χ3n) is 3.83. The van der Waals surface area contributed by atoms with Crippen LogP contribution in [0.3, 0.4) is 0 Å². The number of allylic oxidation sites excluding steroid dienone is 3. The SMILES string of the molecule is N=C1C=CCC1CC1C=Cc2ccccc2C1. The summed E-state index contributed by atoms with van der Waals surface area (Å²) in [5.41, 5.74) is 3.64. The molecule has 2 aliphatic rings. The lowest BCUT2D eigenvalue weighted by Crippen LogP contribution is -2.15. The Morgan fingerprint density at radius 2 is 2.06 bits per heavy atom. The maximum absolute atomic E-state index is 7.86. The van der Waals surface area contributed by atoms with Crippen LogP contribution in [0, 0.1) is 17.2 Å². The van der Waals surface area contributed by atoms with Crippen molar-refractivity contribution in [3.8, 4) is 0 Å². The average Bonchev–Trinajstić information content (AvgIpc) is 2.75. The van der Waals surface area contributed by atoms with Gasteiger partial charge in [0.15, 0.2) is 0 Å². The topological polar surface area (TPSA) is 23.9 Å². The van der Waals surface area contributed by atoms with Crippen molar-refractivity contribution >= 4 is 11.8 Å². The lowest BCUT2D eigenvalue weighted by molar-refractivity contribution is 0.506. The summed E-state index contributed by atoms with van der Waals surface area (Å²) in [5.74, 6) is 1.06. The van der Waals surface area contributed by atoms with Gasteiger partial charge in [-0.2, -0.15) is 0 Å². The standard InChI is InChI=1S/C16H17N/c17-16-7-3-6-15(16)11-12-8-9-13-4-1-2-5-14(13)10-12/h1-5,7-9,12,15,17H,6,10-11H2. The van der Waals surface area contributed by atoms with E-state index in [1.807, 2.05) is 6.08 Å². The summed E-state index contributed by atoms with van der Waals surface area (Å²) >= 11 is 0. The van der Waals surface area contributed by atoms with Gasteiger partial charge >= 0.3 is 0 Å².